The highest BCUT2D eigenvalue weighted by atomic mass is 32.1. The first-order valence-electron chi connectivity index (χ1n) is 5.03. The predicted octanol–water partition coefficient (Wildman–Crippen LogP) is 2.54. The van der Waals surface area contributed by atoms with E-state index in [-0.39, 0.29) is 0 Å². The van der Waals surface area contributed by atoms with Crippen LogP contribution in [0.4, 0.5) is 0 Å². The number of nitrogens with one attached hydrogen (secondary N) is 1. The summed E-state index contributed by atoms with van der Waals surface area (Å²) >= 11 is 5.24. The topological polar surface area (TPSA) is 33.6 Å². The fourth-order valence-electron chi connectivity index (χ4n) is 1.94. The van der Waals surface area contributed by atoms with Crippen molar-refractivity contribution in [1.29, 1.82) is 0 Å². The molecule has 3 nitrogen and oxygen atoms in total. The highest BCUT2D eigenvalue weighted by molar-refractivity contribution is 7.71. The summed E-state index contributed by atoms with van der Waals surface area (Å²) in [5.41, 5.74) is 0. The van der Waals surface area contributed by atoms with E-state index in [0.29, 0.717) is 12.0 Å². The van der Waals surface area contributed by atoms with Crippen LogP contribution in [0.5, 0.6) is 0 Å². The third-order valence-electron chi connectivity index (χ3n) is 3.11. The van der Waals surface area contributed by atoms with Crippen molar-refractivity contribution in [2.24, 2.45) is 0 Å². The molecule has 2 saturated carbocycles. The minimum atomic E-state index is 0.654. The Morgan fingerprint density at radius 2 is 2.08 bits per heavy atom. The van der Waals surface area contributed by atoms with E-state index >= 15 is 0 Å². The van der Waals surface area contributed by atoms with Crippen molar-refractivity contribution in [1.82, 2.24) is 14.8 Å². The molecular formula is C9H13N3S. The molecule has 0 aliphatic heterocycles. The van der Waals surface area contributed by atoms with Crippen LogP contribution in [0.25, 0.3) is 0 Å². The van der Waals surface area contributed by atoms with Gasteiger partial charge in [-0.05, 0) is 44.3 Å². The smallest absolute Gasteiger partial charge is 0.195 e. The Morgan fingerprint density at radius 1 is 1.31 bits per heavy atom. The van der Waals surface area contributed by atoms with Gasteiger partial charge in [0, 0.05) is 12.0 Å². The fourth-order valence-corrected chi connectivity index (χ4v) is 2.23. The van der Waals surface area contributed by atoms with E-state index in [2.05, 4.69) is 14.8 Å². The zero-order valence-corrected chi connectivity index (χ0v) is 8.31. The van der Waals surface area contributed by atoms with Gasteiger partial charge in [0.15, 0.2) is 4.77 Å². The van der Waals surface area contributed by atoms with Crippen LogP contribution < -0.4 is 0 Å². The Kier molecular flexibility index (Phi) is 1.59. The zero-order valence-electron chi connectivity index (χ0n) is 7.49. The lowest BCUT2D eigenvalue weighted by Crippen LogP contribution is -2.19. The number of hydrogen-bond acceptors (Lipinski definition) is 2. The van der Waals surface area contributed by atoms with Gasteiger partial charge < -0.3 is 4.57 Å². The number of hydrogen-bond donors (Lipinski definition) is 1. The molecule has 70 valence electrons. The molecule has 2 fully saturated rings. The maximum absolute atomic E-state index is 5.24. The maximum atomic E-state index is 5.24. The molecule has 13 heavy (non-hydrogen) atoms. The average molecular weight is 195 g/mol. The molecule has 1 aromatic rings. The molecule has 0 atom stereocenters. The fraction of sp³-hybridized carbons (Fsp3) is 0.778. The molecule has 4 heteroatoms. The number of H-pyrrole nitrogens is 1. The van der Waals surface area contributed by atoms with Crippen molar-refractivity contribution in [3.8, 4) is 0 Å². The quantitative estimate of drug-likeness (QED) is 0.736. The Labute approximate surface area is 82.2 Å². The summed E-state index contributed by atoms with van der Waals surface area (Å²) in [6.07, 6.45) is 6.52. The SMILES string of the molecule is S=c1[nH]nc(C2CC2)n1C1CCC1. The molecular weight excluding hydrogens is 182 g/mol. The number of rotatable bonds is 2. The predicted molar refractivity (Wildman–Crippen MR) is 52.3 cm³/mol. The minimum Gasteiger partial charge on any atom is -0.301 e. The van der Waals surface area contributed by atoms with Crippen LogP contribution in [0.15, 0.2) is 0 Å². The number of aromatic nitrogens is 3. The molecule has 1 N–H and O–H groups in total. The second-order valence-corrected chi connectivity index (χ2v) is 4.50. The van der Waals surface area contributed by atoms with Gasteiger partial charge in [0.2, 0.25) is 0 Å². The molecule has 0 unspecified atom stereocenters. The maximum Gasteiger partial charge on any atom is 0.195 e. The molecule has 0 bridgehead atoms. The van der Waals surface area contributed by atoms with Crippen LogP contribution in [-0.2, 0) is 0 Å². The lowest BCUT2D eigenvalue weighted by Gasteiger charge is -2.27. The van der Waals surface area contributed by atoms with E-state index in [1.165, 1.54) is 37.9 Å². The van der Waals surface area contributed by atoms with Crippen LogP contribution in [0.3, 0.4) is 0 Å². The van der Waals surface area contributed by atoms with E-state index in [0.717, 1.165) is 4.77 Å². The van der Waals surface area contributed by atoms with Gasteiger partial charge in [-0.25, -0.2) is 0 Å². The first kappa shape index (κ1) is 7.74. The van der Waals surface area contributed by atoms with Crippen molar-refractivity contribution in [2.75, 3.05) is 0 Å². The molecule has 0 spiro atoms. The van der Waals surface area contributed by atoms with E-state index in [1.807, 2.05) is 0 Å². The van der Waals surface area contributed by atoms with Gasteiger partial charge in [-0.1, -0.05) is 0 Å². The van der Waals surface area contributed by atoms with Gasteiger partial charge in [-0.15, -0.1) is 0 Å². The van der Waals surface area contributed by atoms with Gasteiger partial charge in [0.1, 0.15) is 5.82 Å². The summed E-state index contributed by atoms with van der Waals surface area (Å²) in [4.78, 5) is 0. The molecule has 2 aliphatic carbocycles. The molecule has 0 saturated heterocycles. The number of nitrogens with zero attached hydrogens (tertiary/aromatic N) is 2. The van der Waals surface area contributed by atoms with E-state index in [9.17, 15) is 0 Å². The van der Waals surface area contributed by atoms with Crippen LogP contribution in [0.2, 0.25) is 0 Å². The second-order valence-electron chi connectivity index (χ2n) is 4.12. The molecule has 0 amide bonds. The van der Waals surface area contributed by atoms with Crippen molar-refractivity contribution >= 4 is 12.2 Å². The normalized spacial score (nSPS) is 23.1. The Morgan fingerprint density at radius 3 is 2.62 bits per heavy atom. The molecule has 2 aliphatic rings. The largest absolute Gasteiger partial charge is 0.301 e. The minimum absolute atomic E-state index is 0.654. The van der Waals surface area contributed by atoms with Gasteiger partial charge >= 0.3 is 0 Å². The van der Waals surface area contributed by atoms with Crippen LogP contribution in [0.1, 0.15) is 49.9 Å². The van der Waals surface area contributed by atoms with Gasteiger partial charge in [0.05, 0.1) is 0 Å². The molecule has 1 aromatic heterocycles. The summed E-state index contributed by atoms with van der Waals surface area (Å²) in [6.45, 7) is 0. The highest BCUT2D eigenvalue weighted by Gasteiger charge is 2.32. The van der Waals surface area contributed by atoms with Gasteiger partial charge in [-0.3, -0.25) is 5.10 Å². The molecule has 1 heterocycles. The van der Waals surface area contributed by atoms with E-state index < -0.39 is 0 Å². The van der Waals surface area contributed by atoms with Crippen LogP contribution in [-0.4, -0.2) is 14.8 Å². The zero-order chi connectivity index (χ0) is 8.84. The second kappa shape index (κ2) is 2.67. The summed E-state index contributed by atoms with van der Waals surface area (Å²) < 4.78 is 3.09. The lowest BCUT2D eigenvalue weighted by atomic mass is 9.93. The molecule has 3 rings (SSSR count). The monoisotopic (exact) mass is 195 g/mol. The Balaban J connectivity index is 2.03. The van der Waals surface area contributed by atoms with Crippen molar-refractivity contribution < 1.29 is 0 Å². The molecule has 0 aromatic carbocycles. The van der Waals surface area contributed by atoms with Crippen LogP contribution >= 0.6 is 12.2 Å². The first-order chi connectivity index (χ1) is 6.36. The van der Waals surface area contributed by atoms with E-state index in [4.69, 9.17) is 12.2 Å². The van der Waals surface area contributed by atoms with Gasteiger partial charge in [0.25, 0.3) is 0 Å². The van der Waals surface area contributed by atoms with Crippen molar-refractivity contribution in [2.45, 2.75) is 44.1 Å². The van der Waals surface area contributed by atoms with E-state index in [1.54, 1.807) is 0 Å². The third-order valence-corrected chi connectivity index (χ3v) is 3.40. The van der Waals surface area contributed by atoms with Crippen LogP contribution in [0, 0.1) is 4.77 Å². The summed E-state index contributed by atoms with van der Waals surface area (Å²) in [7, 11) is 0. The average Bonchev–Trinajstić information content (AvgIpc) is 2.78. The van der Waals surface area contributed by atoms with Gasteiger partial charge in [-0.2, -0.15) is 5.10 Å². The lowest BCUT2D eigenvalue weighted by molar-refractivity contribution is 0.303. The standard InChI is InChI=1S/C9H13N3S/c13-9-11-10-8(6-4-5-6)12(9)7-2-1-3-7/h6-7H,1-5H2,(H,11,13). The summed E-state index contributed by atoms with van der Waals surface area (Å²) in [5.74, 6) is 1.92. The van der Waals surface area contributed by atoms with Crippen molar-refractivity contribution in [3.63, 3.8) is 0 Å². The summed E-state index contributed by atoms with van der Waals surface area (Å²) in [5, 5.41) is 7.25. The Hall–Kier alpha value is -0.640. The number of aromatic amines is 1. The summed E-state index contributed by atoms with van der Waals surface area (Å²) in [6, 6.07) is 0.654. The molecule has 0 radical (unpaired) electrons. The first-order valence-corrected chi connectivity index (χ1v) is 5.44. The Bertz CT molecular complexity index is 370. The third kappa shape index (κ3) is 1.15. The van der Waals surface area contributed by atoms with Crippen molar-refractivity contribution in [3.05, 3.63) is 10.6 Å². The highest BCUT2D eigenvalue weighted by Crippen LogP contribution is 2.42.